The van der Waals surface area contributed by atoms with Gasteiger partial charge in [0.05, 0.1) is 18.6 Å². The van der Waals surface area contributed by atoms with Gasteiger partial charge in [0.2, 0.25) is 23.5 Å². The van der Waals surface area contributed by atoms with Crippen LogP contribution in [0.4, 0.5) is 0 Å². The number of piperidine rings is 1. The van der Waals surface area contributed by atoms with Crippen molar-refractivity contribution >= 4 is 52.6 Å². The van der Waals surface area contributed by atoms with E-state index in [1.165, 1.54) is 11.3 Å². The molecule has 0 radical (unpaired) electrons. The topological polar surface area (TPSA) is 153 Å². The lowest BCUT2D eigenvalue weighted by molar-refractivity contribution is -0.153. The lowest BCUT2D eigenvalue weighted by atomic mass is 9.88. The number of likely N-dealkylation sites (tertiary alicyclic amines) is 1. The fourth-order valence-electron chi connectivity index (χ4n) is 6.00. The van der Waals surface area contributed by atoms with E-state index in [2.05, 4.69) is 10.3 Å². The first-order valence-electron chi connectivity index (χ1n) is 14.3. The highest BCUT2D eigenvalue weighted by atomic mass is 32.2. The molecule has 0 aliphatic carbocycles. The van der Waals surface area contributed by atoms with E-state index in [1.54, 1.807) is 33.1 Å². The molecule has 4 N–H and O–H groups in total. The normalized spacial score (nSPS) is 21.9. The fraction of sp³-hybridized carbons (Fsp3) is 0.517. The Morgan fingerprint density at radius 1 is 1.12 bits per heavy atom. The Kier molecular flexibility index (Phi) is 9.78. The number of carbonyl (C=O) groups is 4. The summed E-state index contributed by atoms with van der Waals surface area (Å²) in [5, 5.41) is 12.7. The van der Waals surface area contributed by atoms with Gasteiger partial charge in [0.15, 0.2) is 11.0 Å². The van der Waals surface area contributed by atoms with Crippen LogP contribution in [0.3, 0.4) is 0 Å². The maximum absolute atomic E-state index is 13.7. The van der Waals surface area contributed by atoms with Crippen molar-refractivity contribution in [3.63, 3.8) is 0 Å². The average molecular weight is 612 g/mol. The van der Waals surface area contributed by atoms with Gasteiger partial charge < -0.3 is 25.8 Å². The third kappa shape index (κ3) is 7.12. The molecule has 11 nitrogen and oxygen atoms in total. The second-order valence-electron chi connectivity index (χ2n) is 11.1. The Morgan fingerprint density at radius 2 is 1.88 bits per heavy atom. The lowest BCUT2D eigenvalue weighted by Crippen LogP contribution is -2.67. The van der Waals surface area contributed by atoms with Gasteiger partial charge in [-0.15, -0.1) is 11.3 Å². The molecule has 42 heavy (non-hydrogen) atoms. The smallest absolute Gasteiger partial charge is 0.244 e. The van der Waals surface area contributed by atoms with E-state index >= 15 is 0 Å². The third-order valence-corrected chi connectivity index (χ3v) is 10.2. The van der Waals surface area contributed by atoms with Crippen molar-refractivity contribution in [2.75, 3.05) is 37.7 Å². The van der Waals surface area contributed by atoms with Crippen LogP contribution in [-0.4, -0.2) is 105 Å². The number of amides is 3. The fourth-order valence-corrected chi connectivity index (χ4v) is 7.84. The van der Waals surface area contributed by atoms with Crippen LogP contribution in [0, 0.1) is 11.3 Å². The Bertz CT molecular complexity index is 1280. The first-order valence-corrected chi connectivity index (χ1v) is 16.4. The summed E-state index contributed by atoms with van der Waals surface area (Å²) >= 11 is 2.83. The Balaban J connectivity index is 1.23. The minimum atomic E-state index is -0.765. The highest BCUT2D eigenvalue weighted by Crippen LogP contribution is 2.28. The molecule has 0 saturated carbocycles. The standard InChI is InChI=1S/C29H37N7O4S2/c30-29(31)34-11-8-20(9-12-34)14-22(26(39)28-32-10-13-42-28)33-27(40)23-18-41-17-21-15-35(16-25(38)36(21)23)24(37)7-6-19-4-2-1-3-5-19/h1-5,10,13,20-23H,6-9,11-12,14-18H2,(H3,30,31)(H,33,40). The minimum Gasteiger partial charge on any atom is -0.370 e. The van der Waals surface area contributed by atoms with Crippen molar-refractivity contribution in [1.29, 1.82) is 5.41 Å². The van der Waals surface area contributed by atoms with Crippen molar-refractivity contribution in [1.82, 2.24) is 25.0 Å². The molecule has 3 unspecified atom stereocenters. The number of nitrogens with zero attached hydrogens (tertiary/aromatic N) is 4. The first-order chi connectivity index (χ1) is 20.3. The summed E-state index contributed by atoms with van der Waals surface area (Å²) in [5.74, 6) is 0.430. The first kappa shape index (κ1) is 30.0. The number of nitrogens with one attached hydrogen (secondary N) is 2. The maximum atomic E-state index is 13.7. The molecular weight excluding hydrogens is 574 g/mol. The summed E-state index contributed by atoms with van der Waals surface area (Å²) in [7, 11) is 0. The summed E-state index contributed by atoms with van der Waals surface area (Å²) in [5.41, 5.74) is 6.72. The van der Waals surface area contributed by atoms with Gasteiger partial charge in [-0.3, -0.25) is 24.6 Å². The van der Waals surface area contributed by atoms with Crippen LogP contribution >= 0.6 is 23.1 Å². The van der Waals surface area contributed by atoms with E-state index in [1.807, 2.05) is 35.2 Å². The van der Waals surface area contributed by atoms with E-state index in [0.29, 0.717) is 55.4 Å². The van der Waals surface area contributed by atoms with Gasteiger partial charge in [-0.25, -0.2) is 4.98 Å². The molecular formula is C29H37N7O4S2. The molecule has 1 aromatic carbocycles. The number of rotatable bonds is 9. The summed E-state index contributed by atoms with van der Waals surface area (Å²) in [6, 6.07) is 8.06. The van der Waals surface area contributed by atoms with Crippen LogP contribution in [0.2, 0.25) is 0 Å². The number of hydrogen-bond acceptors (Lipinski definition) is 8. The number of nitrogens with two attached hydrogens (primary N) is 1. The van der Waals surface area contributed by atoms with Crippen LogP contribution in [0.5, 0.6) is 0 Å². The van der Waals surface area contributed by atoms with Gasteiger partial charge >= 0.3 is 0 Å². The molecule has 3 atom stereocenters. The molecule has 3 aliphatic heterocycles. The summed E-state index contributed by atoms with van der Waals surface area (Å²) in [6.07, 6.45) is 4.49. The van der Waals surface area contributed by atoms with Gasteiger partial charge in [0, 0.05) is 49.1 Å². The summed E-state index contributed by atoms with van der Waals surface area (Å²) in [4.78, 5) is 62.8. The number of Topliss-reactive ketones (excluding diaryl/α,β-unsaturated/α-hetero) is 1. The van der Waals surface area contributed by atoms with Gasteiger partial charge in [-0.1, -0.05) is 30.3 Å². The molecule has 4 heterocycles. The molecule has 0 spiro atoms. The number of aryl methyl sites for hydroxylation is 1. The highest BCUT2D eigenvalue weighted by Gasteiger charge is 2.44. The molecule has 3 fully saturated rings. The SMILES string of the molecule is N=C(N)N1CCC(CC(NC(=O)C2CSCC3CN(C(=O)CCc4ccccc4)CC(=O)N32)C(=O)c2nccs2)CC1. The van der Waals surface area contributed by atoms with Crippen LogP contribution < -0.4 is 11.1 Å². The van der Waals surface area contributed by atoms with Crippen molar-refractivity contribution in [2.45, 2.75) is 50.2 Å². The number of hydrogen-bond donors (Lipinski definition) is 3. The molecule has 1 aromatic heterocycles. The number of thiazole rings is 1. The van der Waals surface area contributed by atoms with Gasteiger partial charge in [-0.05, 0) is 37.2 Å². The van der Waals surface area contributed by atoms with Crippen molar-refractivity contribution in [3.05, 3.63) is 52.5 Å². The van der Waals surface area contributed by atoms with Gasteiger partial charge in [0.1, 0.15) is 6.04 Å². The second-order valence-corrected chi connectivity index (χ2v) is 13.1. The number of carbonyl (C=O) groups excluding carboxylic acids is 4. The molecule has 13 heteroatoms. The monoisotopic (exact) mass is 611 g/mol. The largest absolute Gasteiger partial charge is 0.370 e. The Labute approximate surface area is 253 Å². The highest BCUT2D eigenvalue weighted by molar-refractivity contribution is 7.99. The quantitative estimate of drug-likeness (QED) is 0.220. The van der Waals surface area contributed by atoms with Crippen LogP contribution in [0.15, 0.2) is 41.9 Å². The molecule has 224 valence electrons. The maximum Gasteiger partial charge on any atom is 0.244 e. The van der Waals surface area contributed by atoms with E-state index in [0.717, 1.165) is 18.4 Å². The Hall–Kier alpha value is -3.45. The molecule has 3 saturated heterocycles. The Morgan fingerprint density at radius 3 is 2.57 bits per heavy atom. The zero-order valence-corrected chi connectivity index (χ0v) is 25.1. The van der Waals surface area contributed by atoms with Crippen molar-refractivity contribution < 1.29 is 19.2 Å². The predicted octanol–water partition coefficient (Wildman–Crippen LogP) is 1.59. The summed E-state index contributed by atoms with van der Waals surface area (Å²) < 4.78 is 0. The molecule has 3 amide bonds. The van der Waals surface area contributed by atoms with Crippen molar-refractivity contribution in [3.8, 4) is 0 Å². The number of fused-ring (bicyclic) bond motifs is 1. The summed E-state index contributed by atoms with van der Waals surface area (Å²) in [6.45, 7) is 1.62. The molecule has 2 aromatic rings. The van der Waals surface area contributed by atoms with Crippen LogP contribution in [-0.2, 0) is 20.8 Å². The predicted molar refractivity (Wildman–Crippen MR) is 162 cm³/mol. The number of aromatic nitrogens is 1. The lowest BCUT2D eigenvalue weighted by Gasteiger charge is -2.47. The van der Waals surface area contributed by atoms with E-state index in [-0.39, 0.29) is 48.0 Å². The number of thioether (sulfide) groups is 1. The number of ketones is 1. The van der Waals surface area contributed by atoms with Crippen molar-refractivity contribution in [2.24, 2.45) is 11.7 Å². The molecule has 5 rings (SSSR count). The zero-order chi connectivity index (χ0) is 29.6. The van der Waals surface area contributed by atoms with E-state index in [9.17, 15) is 19.2 Å². The minimum absolute atomic E-state index is 0.0455. The molecule has 0 bridgehead atoms. The van der Waals surface area contributed by atoms with E-state index < -0.39 is 12.1 Å². The van der Waals surface area contributed by atoms with Gasteiger partial charge in [-0.2, -0.15) is 11.8 Å². The second kappa shape index (κ2) is 13.7. The average Bonchev–Trinajstić information content (AvgIpc) is 3.55. The van der Waals surface area contributed by atoms with Crippen LogP contribution in [0.1, 0.15) is 41.0 Å². The van der Waals surface area contributed by atoms with Gasteiger partial charge in [0.25, 0.3) is 0 Å². The molecule has 3 aliphatic rings. The zero-order valence-electron chi connectivity index (χ0n) is 23.4. The van der Waals surface area contributed by atoms with Crippen LogP contribution in [0.25, 0.3) is 0 Å². The number of piperazine rings is 1. The number of guanidine groups is 1. The number of benzene rings is 1. The van der Waals surface area contributed by atoms with E-state index in [4.69, 9.17) is 11.1 Å². The third-order valence-electron chi connectivity index (χ3n) is 8.29.